The maximum Gasteiger partial charge on any atom is 0.157 e. The number of para-hydroxylation sites is 3. The van der Waals surface area contributed by atoms with E-state index in [1.807, 2.05) is 0 Å². The first-order valence-corrected chi connectivity index (χ1v) is 19.6. The molecule has 1 aliphatic heterocycles. The molecule has 0 fully saturated rings. The summed E-state index contributed by atoms with van der Waals surface area (Å²) >= 11 is 1.25. The van der Waals surface area contributed by atoms with Crippen molar-refractivity contribution < 1.29 is 0 Å². The molecule has 1 aliphatic rings. The fourth-order valence-electron chi connectivity index (χ4n) is 9.21. The van der Waals surface area contributed by atoms with Crippen molar-refractivity contribution in [1.29, 1.82) is 0 Å². The molecule has 0 amide bonds. The Bertz CT molecular complexity index is 2820. The van der Waals surface area contributed by atoms with E-state index in [1.165, 1.54) is 105 Å². The van der Waals surface area contributed by atoms with Gasteiger partial charge < -0.3 is 4.57 Å². The van der Waals surface area contributed by atoms with Crippen LogP contribution in [0.5, 0.6) is 0 Å². The van der Waals surface area contributed by atoms with E-state index in [1.54, 1.807) is 0 Å². The molecule has 52 heavy (non-hydrogen) atoms. The topological polar surface area (TPSA) is 4.93 Å². The molecule has 1 nitrogen and oxygen atoms in total. The van der Waals surface area contributed by atoms with Gasteiger partial charge in [0.05, 0.1) is 22.1 Å². The first-order chi connectivity index (χ1) is 25.7. The number of hydrogen-bond donors (Lipinski definition) is 0. The summed E-state index contributed by atoms with van der Waals surface area (Å²) in [5, 5.41) is 5.13. The Morgan fingerprint density at radius 3 is 1.98 bits per heavy atom. The minimum Gasteiger partial charge on any atom is -0.309 e. The van der Waals surface area contributed by atoms with Crippen molar-refractivity contribution in [2.45, 2.75) is 23.7 Å². The number of thiol groups is 1. The fourth-order valence-corrected chi connectivity index (χ4v) is 9.93. The molecule has 10 rings (SSSR count). The van der Waals surface area contributed by atoms with Gasteiger partial charge in [0.1, 0.15) is 6.26 Å². The maximum absolute atomic E-state index is 2.53. The van der Waals surface area contributed by atoms with Gasteiger partial charge in [-0.3, -0.25) is 0 Å². The molecule has 0 spiro atoms. The molecule has 1 unspecified atom stereocenters. The maximum atomic E-state index is 2.53. The standard InChI is InChI=1S/C50H37NS/c1-3-38-39(35-29-26-34(27-30-35)37-31-28-33-14-4-5-15-36(33)32-37)17-12-21-42(38)50(44-20-8-11-25-48(44)52-2)43-19-7-10-24-47(43)51-46-23-9-6-16-40(46)41-18-13-22-45(50)49(41)51/h4-32H,3H2,1-2H3/p+1. The number of nitrogens with zero attached hydrogens (tertiary/aromatic N) is 1. The van der Waals surface area contributed by atoms with E-state index in [9.17, 15) is 0 Å². The Hall–Kier alpha value is -5.83. The molecule has 248 valence electrons. The van der Waals surface area contributed by atoms with Crippen LogP contribution in [0.25, 0.3) is 60.5 Å². The third kappa shape index (κ3) is 4.37. The molecular weight excluding hydrogens is 647 g/mol. The monoisotopic (exact) mass is 684 g/mol. The molecule has 1 aromatic heterocycles. The van der Waals surface area contributed by atoms with Crippen LogP contribution < -0.4 is 0 Å². The van der Waals surface area contributed by atoms with Crippen molar-refractivity contribution in [3.8, 4) is 27.9 Å². The summed E-state index contributed by atoms with van der Waals surface area (Å²) in [6.45, 7) is 2.33. The number of fused-ring (bicyclic) bond motifs is 6. The van der Waals surface area contributed by atoms with Crippen molar-refractivity contribution in [3.05, 3.63) is 204 Å². The van der Waals surface area contributed by atoms with Crippen molar-refractivity contribution in [1.82, 2.24) is 4.57 Å². The van der Waals surface area contributed by atoms with E-state index in [-0.39, 0.29) is 0 Å². The lowest BCUT2D eigenvalue weighted by Gasteiger charge is -2.43. The van der Waals surface area contributed by atoms with Gasteiger partial charge in [0.15, 0.2) is 4.90 Å². The molecular formula is C50H38NS+. The van der Waals surface area contributed by atoms with Gasteiger partial charge >= 0.3 is 0 Å². The molecule has 0 radical (unpaired) electrons. The molecule has 1 atom stereocenters. The predicted molar refractivity (Wildman–Crippen MR) is 223 cm³/mol. The summed E-state index contributed by atoms with van der Waals surface area (Å²) in [6.07, 6.45) is 3.18. The molecule has 8 aromatic carbocycles. The molecule has 0 aliphatic carbocycles. The lowest BCUT2D eigenvalue weighted by Crippen LogP contribution is -2.37. The van der Waals surface area contributed by atoms with Crippen molar-refractivity contribution in [3.63, 3.8) is 0 Å². The Balaban J connectivity index is 1.26. The lowest BCUT2D eigenvalue weighted by molar-refractivity contribution is 0.702. The lowest BCUT2D eigenvalue weighted by atomic mass is 9.61. The Labute approximate surface area is 309 Å². The van der Waals surface area contributed by atoms with E-state index in [4.69, 9.17) is 0 Å². The van der Waals surface area contributed by atoms with Crippen LogP contribution in [-0.2, 0) is 23.6 Å². The highest BCUT2D eigenvalue weighted by Gasteiger charge is 2.48. The van der Waals surface area contributed by atoms with E-state index < -0.39 is 5.41 Å². The van der Waals surface area contributed by atoms with E-state index in [2.05, 4.69) is 194 Å². The van der Waals surface area contributed by atoms with Crippen molar-refractivity contribution in [2.24, 2.45) is 0 Å². The first kappa shape index (κ1) is 30.9. The number of hydrogen-bond acceptors (Lipinski definition) is 0. The van der Waals surface area contributed by atoms with Crippen LogP contribution in [0.4, 0.5) is 0 Å². The molecule has 2 heteroatoms. The number of rotatable bonds is 6. The molecule has 0 saturated carbocycles. The molecule has 0 saturated heterocycles. The SMILES string of the molecule is CCc1c(-c2ccc(-c3ccc4ccccc4c3)cc2)cccc1C1(c2ccccc2[SH+]C)c2ccccc2-n2c3ccccc3c3cccc1c32. The van der Waals surface area contributed by atoms with Gasteiger partial charge in [-0.2, -0.15) is 0 Å². The summed E-state index contributed by atoms with van der Waals surface area (Å²) in [7, 11) is 0. The average molecular weight is 685 g/mol. The number of benzene rings is 8. The molecule has 2 heterocycles. The zero-order chi connectivity index (χ0) is 34.8. The second-order valence-electron chi connectivity index (χ2n) is 13.9. The van der Waals surface area contributed by atoms with Crippen LogP contribution in [0.2, 0.25) is 0 Å². The minimum atomic E-state index is -0.535. The normalized spacial score (nSPS) is 15.0. The Morgan fingerprint density at radius 2 is 1.13 bits per heavy atom. The van der Waals surface area contributed by atoms with E-state index in [0.717, 1.165) is 6.42 Å². The zero-order valence-corrected chi connectivity index (χ0v) is 30.2. The third-order valence-electron chi connectivity index (χ3n) is 11.4. The van der Waals surface area contributed by atoms with Crippen LogP contribution >= 0.6 is 0 Å². The highest BCUT2D eigenvalue weighted by molar-refractivity contribution is 7.77. The predicted octanol–water partition coefficient (Wildman–Crippen LogP) is 12.3. The van der Waals surface area contributed by atoms with Gasteiger partial charge in [0, 0.05) is 28.1 Å². The summed E-state index contributed by atoms with van der Waals surface area (Å²) in [4.78, 5) is 1.35. The summed E-state index contributed by atoms with van der Waals surface area (Å²) in [5.41, 5.74) is 15.1. The zero-order valence-electron chi connectivity index (χ0n) is 29.3. The largest absolute Gasteiger partial charge is 0.309 e. The summed E-state index contributed by atoms with van der Waals surface area (Å²) in [5.74, 6) is 0. The van der Waals surface area contributed by atoms with E-state index in [0.29, 0.717) is 0 Å². The van der Waals surface area contributed by atoms with Crippen LogP contribution in [0.1, 0.15) is 34.7 Å². The van der Waals surface area contributed by atoms with Crippen LogP contribution in [0.3, 0.4) is 0 Å². The van der Waals surface area contributed by atoms with Gasteiger partial charge in [-0.05, 0) is 86.0 Å². The smallest absolute Gasteiger partial charge is 0.157 e. The van der Waals surface area contributed by atoms with Gasteiger partial charge in [0.2, 0.25) is 0 Å². The highest BCUT2D eigenvalue weighted by atomic mass is 32.2. The van der Waals surface area contributed by atoms with Gasteiger partial charge in [0.25, 0.3) is 0 Å². The summed E-state index contributed by atoms with van der Waals surface area (Å²) in [6, 6.07) is 65.9. The summed E-state index contributed by atoms with van der Waals surface area (Å²) < 4.78 is 2.53. The quantitative estimate of drug-likeness (QED) is 0.121. The van der Waals surface area contributed by atoms with Crippen LogP contribution in [0, 0.1) is 0 Å². The molecule has 0 bridgehead atoms. The number of aromatic nitrogens is 1. The second kappa shape index (κ2) is 12.1. The minimum absolute atomic E-state index is 0.535. The molecule has 0 N–H and O–H groups in total. The van der Waals surface area contributed by atoms with Crippen molar-refractivity contribution >= 4 is 44.3 Å². The third-order valence-corrected chi connectivity index (χ3v) is 12.3. The first-order valence-electron chi connectivity index (χ1n) is 18.3. The van der Waals surface area contributed by atoms with Gasteiger partial charge in [-0.1, -0.05) is 159 Å². The van der Waals surface area contributed by atoms with Crippen LogP contribution in [-0.4, -0.2) is 10.8 Å². The van der Waals surface area contributed by atoms with Gasteiger partial charge in [-0.15, -0.1) is 0 Å². The Kier molecular flexibility index (Phi) is 7.23. The highest BCUT2D eigenvalue weighted by Crippen LogP contribution is 2.56. The second-order valence-corrected chi connectivity index (χ2v) is 14.8. The van der Waals surface area contributed by atoms with Crippen molar-refractivity contribution in [2.75, 3.05) is 6.26 Å². The van der Waals surface area contributed by atoms with E-state index >= 15 is 0 Å². The molecule has 9 aromatic rings. The van der Waals surface area contributed by atoms with Crippen LogP contribution in [0.15, 0.2) is 181 Å². The van der Waals surface area contributed by atoms with Gasteiger partial charge in [-0.25, -0.2) is 0 Å². The fraction of sp³-hybridized carbons (Fsp3) is 0.0800. The Morgan fingerprint density at radius 1 is 0.500 bits per heavy atom. The average Bonchev–Trinajstić information content (AvgIpc) is 3.56.